The van der Waals surface area contributed by atoms with E-state index in [0.717, 1.165) is 5.56 Å². The van der Waals surface area contributed by atoms with E-state index in [9.17, 15) is 13.2 Å². The van der Waals surface area contributed by atoms with Crippen molar-refractivity contribution in [2.24, 2.45) is 0 Å². The molecule has 0 saturated heterocycles. The highest BCUT2D eigenvalue weighted by molar-refractivity contribution is 5.76. The summed E-state index contributed by atoms with van der Waals surface area (Å²) in [5.74, 6) is -0.180. The second kappa shape index (κ2) is 6.97. The molecule has 0 heterocycles. The fraction of sp³-hybridized carbons (Fsp3) is 0.167. The molecular weight excluding hydrogens is 380 g/mol. The van der Waals surface area contributed by atoms with Gasteiger partial charge in [-0.1, -0.05) is 41.7 Å². The van der Waals surface area contributed by atoms with Crippen LogP contribution in [0.1, 0.15) is 27.8 Å². The van der Waals surface area contributed by atoms with Gasteiger partial charge >= 0.3 is 0 Å². The van der Waals surface area contributed by atoms with Crippen LogP contribution in [0, 0.1) is 30.4 Å². The number of methoxy groups -OCH3 is 1. The lowest BCUT2D eigenvalue weighted by molar-refractivity contribution is -0.00924. The summed E-state index contributed by atoms with van der Waals surface area (Å²) in [7, 11) is 1.26. The first kappa shape index (κ1) is 19.1. The van der Waals surface area contributed by atoms with Crippen LogP contribution in [0.25, 0.3) is 11.1 Å². The SMILES string of the molecule is COc1ccc2c(c1F)CC(F)(F)c1c-2ccc(C#Cc2ccc(C)cc2)c1F. The average Bonchev–Trinajstić information content (AvgIpc) is 2.69. The molecular formula is C24H16F4O. The van der Waals surface area contributed by atoms with Gasteiger partial charge in [-0.2, -0.15) is 0 Å². The standard InChI is InChI=1S/C24H16F4O/c1-14-3-5-15(6-4-14)7-8-16-9-10-18-17-11-12-20(29-2)23(26)19(17)13-24(27,28)21(18)22(16)25/h3-6,9-12H,13H2,1-2H3. The number of ether oxygens (including phenoxy) is 1. The molecule has 0 radical (unpaired) electrons. The molecule has 0 N–H and O–H groups in total. The van der Waals surface area contributed by atoms with Crippen LogP contribution in [-0.4, -0.2) is 7.11 Å². The summed E-state index contributed by atoms with van der Waals surface area (Å²) in [5, 5.41) is 0. The molecule has 0 amide bonds. The van der Waals surface area contributed by atoms with E-state index in [4.69, 9.17) is 4.74 Å². The third kappa shape index (κ3) is 3.25. The van der Waals surface area contributed by atoms with E-state index in [0.29, 0.717) is 5.56 Å². The topological polar surface area (TPSA) is 9.23 Å². The van der Waals surface area contributed by atoms with E-state index in [2.05, 4.69) is 11.8 Å². The molecule has 5 heteroatoms. The van der Waals surface area contributed by atoms with Gasteiger partial charge in [0.15, 0.2) is 11.6 Å². The maximum absolute atomic E-state index is 15.1. The minimum absolute atomic E-state index is 0.0313. The molecule has 1 aliphatic rings. The first-order valence-electron chi connectivity index (χ1n) is 8.97. The third-order valence-corrected chi connectivity index (χ3v) is 5.02. The highest BCUT2D eigenvalue weighted by Gasteiger charge is 2.44. The summed E-state index contributed by atoms with van der Waals surface area (Å²) < 4.78 is 64.2. The zero-order valence-corrected chi connectivity index (χ0v) is 15.7. The van der Waals surface area contributed by atoms with Gasteiger partial charge in [0, 0.05) is 17.5 Å². The number of fused-ring (bicyclic) bond motifs is 3. The minimum atomic E-state index is -3.57. The molecule has 29 heavy (non-hydrogen) atoms. The van der Waals surface area contributed by atoms with Crippen LogP contribution in [0.15, 0.2) is 48.5 Å². The fourth-order valence-corrected chi connectivity index (χ4v) is 3.52. The highest BCUT2D eigenvalue weighted by atomic mass is 19.3. The van der Waals surface area contributed by atoms with Crippen molar-refractivity contribution < 1.29 is 22.3 Å². The zero-order valence-electron chi connectivity index (χ0n) is 15.7. The number of hydrogen-bond acceptors (Lipinski definition) is 1. The van der Waals surface area contributed by atoms with Crippen LogP contribution in [0.4, 0.5) is 17.6 Å². The Hall–Kier alpha value is -3.26. The first-order valence-corrected chi connectivity index (χ1v) is 8.97. The first-order chi connectivity index (χ1) is 13.8. The summed E-state index contributed by atoms with van der Waals surface area (Å²) in [6.07, 6.45) is -0.940. The van der Waals surface area contributed by atoms with Gasteiger partial charge < -0.3 is 4.74 Å². The van der Waals surface area contributed by atoms with Gasteiger partial charge in [-0.15, -0.1) is 0 Å². The van der Waals surface area contributed by atoms with Gasteiger partial charge in [0.25, 0.3) is 5.92 Å². The van der Waals surface area contributed by atoms with Crippen molar-refractivity contribution in [3.8, 4) is 28.7 Å². The molecule has 0 spiro atoms. The lowest BCUT2D eigenvalue weighted by Gasteiger charge is -2.29. The Kier molecular flexibility index (Phi) is 4.58. The maximum atomic E-state index is 15.1. The van der Waals surface area contributed by atoms with Crippen LogP contribution >= 0.6 is 0 Å². The van der Waals surface area contributed by atoms with Crippen LogP contribution < -0.4 is 4.74 Å². The van der Waals surface area contributed by atoms with Crippen LogP contribution in [-0.2, 0) is 12.3 Å². The number of rotatable bonds is 1. The van der Waals surface area contributed by atoms with Gasteiger partial charge in [0.05, 0.1) is 18.2 Å². The van der Waals surface area contributed by atoms with Crippen molar-refractivity contribution in [1.29, 1.82) is 0 Å². The van der Waals surface area contributed by atoms with Gasteiger partial charge in [-0.05, 0) is 42.3 Å². The van der Waals surface area contributed by atoms with E-state index in [1.807, 2.05) is 19.1 Å². The molecule has 3 aromatic rings. The quantitative estimate of drug-likeness (QED) is 0.362. The second-order valence-corrected chi connectivity index (χ2v) is 6.95. The Morgan fingerprint density at radius 2 is 1.55 bits per heavy atom. The molecule has 1 aliphatic carbocycles. The van der Waals surface area contributed by atoms with E-state index < -0.39 is 29.5 Å². The number of hydrogen-bond donors (Lipinski definition) is 0. The van der Waals surface area contributed by atoms with Crippen LogP contribution in [0.3, 0.4) is 0 Å². The van der Waals surface area contributed by atoms with Gasteiger partial charge in [-0.3, -0.25) is 0 Å². The molecule has 0 atom stereocenters. The summed E-state index contributed by atoms with van der Waals surface area (Å²) in [4.78, 5) is 0. The maximum Gasteiger partial charge on any atom is 0.280 e. The van der Waals surface area contributed by atoms with Crippen molar-refractivity contribution in [3.63, 3.8) is 0 Å². The Morgan fingerprint density at radius 3 is 2.24 bits per heavy atom. The van der Waals surface area contributed by atoms with E-state index in [1.165, 1.54) is 31.4 Å². The summed E-state index contributed by atoms with van der Waals surface area (Å²) in [6, 6.07) is 12.8. The predicted octanol–water partition coefficient (Wildman–Crippen LogP) is 6.00. The van der Waals surface area contributed by atoms with Gasteiger partial charge in [0.2, 0.25) is 0 Å². The van der Waals surface area contributed by atoms with Crippen LogP contribution in [0.5, 0.6) is 5.75 Å². The molecule has 1 nitrogen and oxygen atoms in total. The van der Waals surface area contributed by atoms with Crippen LogP contribution in [0.2, 0.25) is 0 Å². The lowest BCUT2D eigenvalue weighted by Crippen LogP contribution is -2.26. The van der Waals surface area contributed by atoms with E-state index in [1.54, 1.807) is 12.1 Å². The predicted molar refractivity (Wildman–Crippen MR) is 103 cm³/mol. The number of benzene rings is 3. The van der Waals surface area contributed by atoms with Crippen molar-refractivity contribution in [3.05, 3.63) is 88.0 Å². The lowest BCUT2D eigenvalue weighted by atomic mass is 9.81. The van der Waals surface area contributed by atoms with E-state index in [-0.39, 0.29) is 28.0 Å². The molecule has 4 rings (SSSR count). The van der Waals surface area contributed by atoms with Crippen molar-refractivity contribution >= 4 is 0 Å². The number of halogens is 4. The minimum Gasteiger partial charge on any atom is -0.494 e. The molecule has 0 fully saturated rings. The van der Waals surface area contributed by atoms with Crippen molar-refractivity contribution in [2.75, 3.05) is 7.11 Å². The van der Waals surface area contributed by atoms with Crippen molar-refractivity contribution in [2.45, 2.75) is 19.3 Å². The average molecular weight is 396 g/mol. The van der Waals surface area contributed by atoms with E-state index >= 15 is 4.39 Å². The molecule has 0 aliphatic heterocycles. The normalized spacial score (nSPS) is 13.7. The second-order valence-electron chi connectivity index (χ2n) is 6.95. The third-order valence-electron chi connectivity index (χ3n) is 5.02. The number of aryl methyl sites for hydroxylation is 1. The van der Waals surface area contributed by atoms with Crippen molar-refractivity contribution in [1.82, 2.24) is 0 Å². The Labute approximate surface area is 166 Å². The monoisotopic (exact) mass is 396 g/mol. The number of alkyl halides is 2. The molecule has 0 bridgehead atoms. The summed E-state index contributed by atoms with van der Waals surface area (Å²) in [5.41, 5.74) is 0.862. The van der Waals surface area contributed by atoms with Gasteiger partial charge in [-0.25, -0.2) is 17.6 Å². The molecule has 3 aromatic carbocycles. The Balaban J connectivity index is 1.85. The smallest absolute Gasteiger partial charge is 0.280 e. The molecule has 0 aromatic heterocycles. The Morgan fingerprint density at radius 1 is 0.862 bits per heavy atom. The molecule has 146 valence electrons. The van der Waals surface area contributed by atoms with Gasteiger partial charge in [0.1, 0.15) is 5.82 Å². The molecule has 0 saturated carbocycles. The molecule has 0 unspecified atom stereocenters. The zero-order chi connectivity index (χ0) is 20.8. The highest BCUT2D eigenvalue weighted by Crippen LogP contribution is 2.48. The largest absolute Gasteiger partial charge is 0.494 e. The Bertz CT molecular complexity index is 1170. The fourth-order valence-electron chi connectivity index (χ4n) is 3.52. The summed E-state index contributed by atoms with van der Waals surface area (Å²) in [6.45, 7) is 1.93. The summed E-state index contributed by atoms with van der Waals surface area (Å²) >= 11 is 0.